The van der Waals surface area contributed by atoms with Gasteiger partial charge in [-0.3, -0.25) is 4.79 Å². The number of halogens is 1. The van der Waals surface area contributed by atoms with Gasteiger partial charge in [-0.15, -0.1) is 10.2 Å². The maximum absolute atomic E-state index is 11.3. The van der Waals surface area contributed by atoms with E-state index in [-0.39, 0.29) is 11.9 Å². The van der Waals surface area contributed by atoms with Gasteiger partial charge >= 0.3 is 0 Å². The van der Waals surface area contributed by atoms with Crippen molar-refractivity contribution in [2.75, 3.05) is 18.0 Å². The van der Waals surface area contributed by atoms with E-state index in [1.807, 2.05) is 11.8 Å². The smallest absolute Gasteiger partial charge is 0.239 e. The van der Waals surface area contributed by atoms with Crippen LogP contribution in [0.5, 0.6) is 0 Å². The Morgan fingerprint density at radius 1 is 1.53 bits per heavy atom. The van der Waals surface area contributed by atoms with E-state index in [0.29, 0.717) is 17.5 Å². The summed E-state index contributed by atoms with van der Waals surface area (Å²) < 4.78 is 0. The van der Waals surface area contributed by atoms with Crippen LogP contribution in [0.3, 0.4) is 0 Å². The van der Waals surface area contributed by atoms with Crippen molar-refractivity contribution in [1.82, 2.24) is 15.5 Å². The zero-order valence-electron chi connectivity index (χ0n) is 8.27. The third-order valence-corrected chi connectivity index (χ3v) is 2.38. The number of aromatic nitrogens is 2. The van der Waals surface area contributed by atoms with Gasteiger partial charge < -0.3 is 10.2 Å². The molecule has 1 aliphatic rings. The SMILES string of the molecule is CC1CN(c2ccc(Cl)nn2)CC(=O)N1. The number of nitrogens with one attached hydrogen (secondary N) is 1. The topological polar surface area (TPSA) is 58.1 Å². The second-order valence-corrected chi connectivity index (χ2v) is 3.95. The molecule has 15 heavy (non-hydrogen) atoms. The first-order chi connectivity index (χ1) is 7.15. The number of rotatable bonds is 1. The molecule has 0 aromatic carbocycles. The molecule has 2 heterocycles. The van der Waals surface area contributed by atoms with Crippen LogP contribution in [0, 0.1) is 0 Å². The molecule has 0 radical (unpaired) electrons. The Balaban J connectivity index is 2.16. The minimum absolute atomic E-state index is 0.00509. The summed E-state index contributed by atoms with van der Waals surface area (Å²) in [7, 11) is 0. The molecule has 1 saturated heterocycles. The number of carbonyl (C=O) groups is 1. The number of nitrogens with zero attached hydrogens (tertiary/aromatic N) is 3. The fraction of sp³-hybridized carbons (Fsp3) is 0.444. The first-order valence-electron chi connectivity index (χ1n) is 4.68. The summed E-state index contributed by atoms with van der Waals surface area (Å²) in [4.78, 5) is 13.2. The zero-order valence-corrected chi connectivity index (χ0v) is 9.03. The van der Waals surface area contributed by atoms with Gasteiger partial charge in [0.1, 0.15) is 0 Å². The molecule has 0 bridgehead atoms. The quantitative estimate of drug-likeness (QED) is 0.756. The number of hydrogen-bond donors (Lipinski definition) is 1. The molecule has 1 aromatic heterocycles. The van der Waals surface area contributed by atoms with E-state index in [2.05, 4.69) is 15.5 Å². The monoisotopic (exact) mass is 226 g/mol. The number of anilines is 1. The van der Waals surface area contributed by atoms with Gasteiger partial charge in [0.2, 0.25) is 5.91 Å². The molecule has 0 aliphatic carbocycles. The van der Waals surface area contributed by atoms with Gasteiger partial charge in [0.25, 0.3) is 0 Å². The van der Waals surface area contributed by atoms with Crippen molar-refractivity contribution in [2.45, 2.75) is 13.0 Å². The Kier molecular flexibility index (Phi) is 2.73. The Labute approximate surface area is 92.4 Å². The maximum Gasteiger partial charge on any atom is 0.239 e. The van der Waals surface area contributed by atoms with E-state index in [9.17, 15) is 4.79 Å². The van der Waals surface area contributed by atoms with E-state index in [4.69, 9.17) is 11.6 Å². The van der Waals surface area contributed by atoms with Gasteiger partial charge in [0.05, 0.1) is 6.54 Å². The molecule has 1 atom stereocenters. The average molecular weight is 227 g/mol. The van der Waals surface area contributed by atoms with Crippen molar-refractivity contribution in [1.29, 1.82) is 0 Å². The van der Waals surface area contributed by atoms with Gasteiger partial charge in [-0.1, -0.05) is 11.6 Å². The lowest BCUT2D eigenvalue weighted by molar-refractivity contribution is -0.121. The molecule has 0 spiro atoms. The van der Waals surface area contributed by atoms with Crippen LogP contribution in [-0.4, -0.2) is 35.2 Å². The van der Waals surface area contributed by atoms with Crippen molar-refractivity contribution in [3.8, 4) is 0 Å². The molecule has 1 N–H and O–H groups in total. The Morgan fingerprint density at radius 3 is 2.93 bits per heavy atom. The zero-order chi connectivity index (χ0) is 10.8. The van der Waals surface area contributed by atoms with Crippen LogP contribution in [-0.2, 0) is 4.79 Å². The highest BCUT2D eigenvalue weighted by atomic mass is 35.5. The lowest BCUT2D eigenvalue weighted by atomic mass is 10.2. The molecule has 0 saturated carbocycles. The molecule has 80 valence electrons. The lowest BCUT2D eigenvalue weighted by Crippen LogP contribution is -2.53. The summed E-state index contributed by atoms with van der Waals surface area (Å²) in [5.74, 6) is 0.687. The summed E-state index contributed by atoms with van der Waals surface area (Å²) in [6.45, 7) is 3.01. The van der Waals surface area contributed by atoms with Crippen LogP contribution in [0.2, 0.25) is 5.15 Å². The normalized spacial score (nSPS) is 21.3. The van der Waals surface area contributed by atoms with Crippen molar-refractivity contribution < 1.29 is 4.79 Å². The molecular weight excluding hydrogens is 216 g/mol. The highest BCUT2D eigenvalue weighted by Gasteiger charge is 2.22. The highest BCUT2D eigenvalue weighted by molar-refractivity contribution is 6.29. The number of piperazine rings is 1. The number of carbonyl (C=O) groups excluding carboxylic acids is 1. The molecule has 5 nitrogen and oxygen atoms in total. The van der Waals surface area contributed by atoms with Crippen molar-refractivity contribution in [2.24, 2.45) is 0 Å². The molecule has 1 aromatic rings. The van der Waals surface area contributed by atoms with E-state index in [1.165, 1.54) is 0 Å². The Hall–Kier alpha value is -1.36. The van der Waals surface area contributed by atoms with Gasteiger partial charge in [0, 0.05) is 12.6 Å². The lowest BCUT2D eigenvalue weighted by Gasteiger charge is -2.31. The third kappa shape index (κ3) is 2.36. The fourth-order valence-corrected chi connectivity index (χ4v) is 1.69. The predicted molar refractivity (Wildman–Crippen MR) is 56.9 cm³/mol. The van der Waals surface area contributed by atoms with E-state index in [0.717, 1.165) is 6.54 Å². The molecule has 1 unspecified atom stereocenters. The predicted octanol–water partition coefficient (Wildman–Crippen LogP) is 0.455. The fourth-order valence-electron chi connectivity index (χ4n) is 1.59. The minimum Gasteiger partial charge on any atom is -0.350 e. The highest BCUT2D eigenvalue weighted by Crippen LogP contribution is 2.13. The summed E-state index contributed by atoms with van der Waals surface area (Å²) in [5, 5.41) is 10.9. The molecule has 2 rings (SSSR count). The molecule has 6 heteroatoms. The van der Waals surface area contributed by atoms with Crippen molar-refractivity contribution in [3.05, 3.63) is 17.3 Å². The molecule has 1 amide bonds. The second kappa shape index (κ2) is 4.02. The maximum atomic E-state index is 11.3. The molecule has 1 aliphatic heterocycles. The van der Waals surface area contributed by atoms with E-state index >= 15 is 0 Å². The third-order valence-electron chi connectivity index (χ3n) is 2.18. The summed E-state index contributed by atoms with van der Waals surface area (Å²) in [5.41, 5.74) is 0. The van der Waals surface area contributed by atoms with Crippen molar-refractivity contribution in [3.63, 3.8) is 0 Å². The van der Waals surface area contributed by atoms with E-state index < -0.39 is 0 Å². The van der Waals surface area contributed by atoms with Crippen LogP contribution in [0.1, 0.15) is 6.92 Å². The van der Waals surface area contributed by atoms with Crippen LogP contribution in [0.4, 0.5) is 5.82 Å². The molecular formula is C9H11ClN4O. The molecule has 1 fully saturated rings. The summed E-state index contributed by atoms with van der Waals surface area (Å²) in [6.07, 6.45) is 0. The van der Waals surface area contributed by atoms with Crippen LogP contribution < -0.4 is 10.2 Å². The van der Waals surface area contributed by atoms with Crippen LogP contribution in [0.25, 0.3) is 0 Å². The van der Waals surface area contributed by atoms with Crippen LogP contribution >= 0.6 is 11.6 Å². The van der Waals surface area contributed by atoms with E-state index in [1.54, 1.807) is 12.1 Å². The average Bonchev–Trinajstić information content (AvgIpc) is 2.17. The van der Waals surface area contributed by atoms with Gasteiger partial charge in [-0.05, 0) is 19.1 Å². The number of amides is 1. The second-order valence-electron chi connectivity index (χ2n) is 3.56. The Morgan fingerprint density at radius 2 is 2.33 bits per heavy atom. The van der Waals surface area contributed by atoms with Crippen molar-refractivity contribution >= 4 is 23.3 Å². The van der Waals surface area contributed by atoms with Gasteiger partial charge in [-0.2, -0.15) is 0 Å². The number of hydrogen-bond acceptors (Lipinski definition) is 4. The Bertz CT molecular complexity index is 367. The largest absolute Gasteiger partial charge is 0.350 e. The summed E-state index contributed by atoms with van der Waals surface area (Å²) >= 11 is 5.64. The first-order valence-corrected chi connectivity index (χ1v) is 5.06. The van der Waals surface area contributed by atoms with Gasteiger partial charge in [0.15, 0.2) is 11.0 Å². The minimum atomic E-state index is 0.00509. The first kappa shape index (κ1) is 10.2. The summed E-state index contributed by atoms with van der Waals surface area (Å²) in [6, 6.07) is 3.56. The van der Waals surface area contributed by atoms with Crippen LogP contribution in [0.15, 0.2) is 12.1 Å². The standard InChI is InChI=1S/C9H11ClN4O/c1-6-4-14(5-9(15)11-6)8-3-2-7(10)12-13-8/h2-3,6H,4-5H2,1H3,(H,11,15). The van der Waals surface area contributed by atoms with Gasteiger partial charge in [-0.25, -0.2) is 0 Å².